The van der Waals surface area contributed by atoms with E-state index in [9.17, 15) is 0 Å². The number of aliphatic imine (C=N–C) groups is 2. The van der Waals surface area contributed by atoms with Crippen LogP contribution in [-0.4, -0.2) is 37.7 Å². The summed E-state index contributed by atoms with van der Waals surface area (Å²) in [5.74, 6) is 1.70. The van der Waals surface area contributed by atoms with E-state index in [2.05, 4.69) is 213 Å². The smallest absolute Gasteiger partial charge is 0.225 e. The summed E-state index contributed by atoms with van der Waals surface area (Å²) in [5.41, 5.74) is 14.7. The Balaban J connectivity index is 1.00. The van der Waals surface area contributed by atoms with Crippen LogP contribution in [0.5, 0.6) is 0 Å². The Morgan fingerprint density at radius 1 is 0.492 bits per heavy atom. The molecule has 0 N–H and O–H groups in total. The molecule has 61 heavy (non-hydrogen) atoms. The summed E-state index contributed by atoms with van der Waals surface area (Å²) in [4.78, 5) is 16.6. The molecule has 12 rings (SSSR count). The molecule has 0 spiro atoms. The SMILES string of the molecule is C1=CN2CC(c3ccc(-c4ccc5cc6c(cc5c4)c(-c4ccccc4)c(-c4ccccc4)n6-c4ccc(-c5nc6ccccc6n5-c5ccccc5)cc4)cc3)N=C2N=C1. The minimum absolute atomic E-state index is 0.0712. The van der Waals surface area contributed by atoms with Crippen LogP contribution >= 0.6 is 0 Å². The number of fused-ring (bicyclic) bond motifs is 4. The number of nitrogens with zero attached hydrogens (tertiary/aromatic N) is 6. The maximum Gasteiger partial charge on any atom is 0.225 e. The molecule has 0 bridgehead atoms. The number of guanidine groups is 1. The van der Waals surface area contributed by atoms with E-state index >= 15 is 0 Å². The highest BCUT2D eigenvalue weighted by molar-refractivity contribution is 6.11. The molecule has 0 fully saturated rings. The molecule has 2 aliphatic rings. The Bertz CT molecular complexity index is 3360. The van der Waals surface area contributed by atoms with Crippen LogP contribution in [0.25, 0.3) is 89.0 Å². The highest BCUT2D eigenvalue weighted by atomic mass is 15.3. The molecular weight excluding hydrogens is 745 g/mol. The maximum atomic E-state index is 5.16. The first kappa shape index (κ1) is 34.9. The molecule has 6 nitrogen and oxygen atoms in total. The van der Waals surface area contributed by atoms with Crippen molar-refractivity contribution in [3.8, 4) is 56.3 Å². The van der Waals surface area contributed by atoms with Gasteiger partial charge in [-0.2, -0.15) is 0 Å². The molecule has 6 heteroatoms. The summed E-state index contributed by atoms with van der Waals surface area (Å²) in [7, 11) is 0. The van der Waals surface area contributed by atoms with Crippen molar-refractivity contribution < 1.29 is 0 Å². The number of allylic oxidation sites excluding steroid dienone is 1. The van der Waals surface area contributed by atoms with E-state index in [0.717, 1.165) is 63.1 Å². The molecule has 0 saturated carbocycles. The molecule has 2 aromatic heterocycles. The molecule has 2 aliphatic heterocycles. The first-order valence-electron chi connectivity index (χ1n) is 20.8. The number of imidazole rings is 1. The van der Waals surface area contributed by atoms with E-state index in [0.29, 0.717) is 0 Å². The summed E-state index contributed by atoms with van der Waals surface area (Å²) < 4.78 is 4.71. The Morgan fingerprint density at radius 2 is 1.16 bits per heavy atom. The van der Waals surface area contributed by atoms with Crippen LogP contribution in [0.3, 0.4) is 0 Å². The average Bonchev–Trinajstić information content (AvgIpc) is 4.04. The predicted octanol–water partition coefficient (Wildman–Crippen LogP) is 13.1. The van der Waals surface area contributed by atoms with Crippen molar-refractivity contribution >= 4 is 44.9 Å². The van der Waals surface area contributed by atoms with Crippen LogP contribution in [0.2, 0.25) is 0 Å². The molecule has 0 amide bonds. The van der Waals surface area contributed by atoms with E-state index < -0.39 is 0 Å². The lowest BCUT2D eigenvalue weighted by Crippen LogP contribution is -2.22. The second-order valence-electron chi connectivity index (χ2n) is 15.7. The van der Waals surface area contributed by atoms with Gasteiger partial charge in [0.25, 0.3) is 0 Å². The van der Waals surface area contributed by atoms with Gasteiger partial charge in [-0.25, -0.2) is 15.0 Å². The van der Waals surface area contributed by atoms with Gasteiger partial charge < -0.3 is 9.47 Å². The standard InChI is InChI=1S/C55H38N6/c1-4-13-39(14-5-1)52-47-34-44-33-42(37-21-23-38(24-22-37)49-36-59-32-12-31-56-55(59)58-49)25-26-43(44)35-51(47)60(53(52)40-15-6-2-7-16-40)46-29-27-41(28-30-46)54-57-48-19-10-11-20-50(48)61(54)45-17-8-3-9-18-45/h1-35,49H,36H2. The lowest BCUT2D eigenvalue weighted by Gasteiger charge is -2.15. The molecule has 1 atom stereocenters. The van der Waals surface area contributed by atoms with E-state index in [-0.39, 0.29) is 6.04 Å². The van der Waals surface area contributed by atoms with Crippen LogP contribution in [0, 0.1) is 0 Å². The number of para-hydroxylation sites is 3. The monoisotopic (exact) mass is 782 g/mol. The molecule has 1 unspecified atom stereocenters. The Kier molecular flexibility index (Phi) is 8.20. The number of rotatable bonds is 7. The first-order valence-corrected chi connectivity index (χ1v) is 20.8. The van der Waals surface area contributed by atoms with Gasteiger partial charge in [0.1, 0.15) is 5.82 Å². The molecule has 0 saturated heterocycles. The second kappa shape index (κ2) is 14.3. The van der Waals surface area contributed by atoms with Gasteiger partial charge in [0.15, 0.2) is 0 Å². The zero-order valence-electron chi connectivity index (χ0n) is 33.2. The predicted molar refractivity (Wildman–Crippen MR) is 252 cm³/mol. The van der Waals surface area contributed by atoms with Crippen molar-refractivity contribution in [2.24, 2.45) is 9.98 Å². The van der Waals surface area contributed by atoms with Gasteiger partial charge in [0.2, 0.25) is 5.96 Å². The van der Waals surface area contributed by atoms with Gasteiger partial charge in [-0.15, -0.1) is 0 Å². The number of hydrogen-bond donors (Lipinski definition) is 0. The van der Waals surface area contributed by atoms with Crippen molar-refractivity contribution in [2.75, 3.05) is 6.54 Å². The van der Waals surface area contributed by atoms with Crippen molar-refractivity contribution in [2.45, 2.75) is 6.04 Å². The number of hydrogen-bond acceptors (Lipinski definition) is 4. The topological polar surface area (TPSA) is 50.7 Å². The minimum Gasteiger partial charge on any atom is -0.315 e. The molecule has 4 heterocycles. The third-order valence-corrected chi connectivity index (χ3v) is 12.1. The normalized spacial score (nSPS) is 14.6. The lowest BCUT2D eigenvalue weighted by atomic mass is 9.95. The van der Waals surface area contributed by atoms with Gasteiger partial charge in [0.05, 0.1) is 34.8 Å². The van der Waals surface area contributed by atoms with E-state index in [1.54, 1.807) is 6.21 Å². The van der Waals surface area contributed by atoms with Gasteiger partial charge in [-0.3, -0.25) is 4.57 Å². The highest BCUT2D eigenvalue weighted by Gasteiger charge is 2.26. The lowest BCUT2D eigenvalue weighted by molar-refractivity contribution is 0.546. The maximum absolute atomic E-state index is 5.16. The van der Waals surface area contributed by atoms with Crippen LogP contribution in [0.15, 0.2) is 216 Å². The van der Waals surface area contributed by atoms with E-state index in [1.165, 1.54) is 44.0 Å². The molecular formula is C55H38N6. The van der Waals surface area contributed by atoms with E-state index in [1.807, 2.05) is 12.3 Å². The van der Waals surface area contributed by atoms with Gasteiger partial charge >= 0.3 is 0 Å². The van der Waals surface area contributed by atoms with E-state index in [4.69, 9.17) is 9.98 Å². The van der Waals surface area contributed by atoms with Crippen molar-refractivity contribution in [1.29, 1.82) is 0 Å². The second-order valence-corrected chi connectivity index (χ2v) is 15.7. The van der Waals surface area contributed by atoms with Gasteiger partial charge in [0, 0.05) is 40.3 Å². The van der Waals surface area contributed by atoms with Crippen molar-refractivity contribution in [3.05, 3.63) is 212 Å². The molecule has 288 valence electrons. The third kappa shape index (κ3) is 5.99. The molecule has 0 aliphatic carbocycles. The largest absolute Gasteiger partial charge is 0.315 e. The van der Waals surface area contributed by atoms with Gasteiger partial charge in [-0.05, 0) is 111 Å². The summed E-state index contributed by atoms with van der Waals surface area (Å²) >= 11 is 0. The number of aromatic nitrogens is 3. The average molecular weight is 783 g/mol. The van der Waals surface area contributed by atoms with Crippen LogP contribution < -0.4 is 0 Å². The molecule has 0 radical (unpaired) electrons. The Morgan fingerprint density at radius 3 is 1.93 bits per heavy atom. The van der Waals surface area contributed by atoms with Crippen molar-refractivity contribution in [1.82, 2.24) is 19.0 Å². The Hall–Kier alpha value is -8.09. The van der Waals surface area contributed by atoms with Crippen LogP contribution in [0.1, 0.15) is 11.6 Å². The van der Waals surface area contributed by atoms with Crippen molar-refractivity contribution in [3.63, 3.8) is 0 Å². The van der Waals surface area contributed by atoms with Gasteiger partial charge in [-0.1, -0.05) is 127 Å². The first-order chi connectivity index (χ1) is 30.2. The molecule has 10 aromatic rings. The zero-order valence-corrected chi connectivity index (χ0v) is 33.2. The fraction of sp³-hybridized carbons (Fsp3) is 0.0364. The minimum atomic E-state index is 0.0712. The fourth-order valence-corrected chi connectivity index (χ4v) is 9.15. The summed E-state index contributed by atoms with van der Waals surface area (Å²) in [6, 6.07) is 70.0. The zero-order chi connectivity index (χ0) is 40.3. The third-order valence-electron chi connectivity index (χ3n) is 12.1. The number of benzene rings is 8. The fourth-order valence-electron chi connectivity index (χ4n) is 9.15. The Labute approximate surface area is 353 Å². The summed E-state index contributed by atoms with van der Waals surface area (Å²) in [6.45, 7) is 0.809. The molecule has 8 aromatic carbocycles. The van der Waals surface area contributed by atoms with Crippen LogP contribution in [-0.2, 0) is 0 Å². The summed E-state index contributed by atoms with van der Waals surface area (Å²) in [6.07, 6.45) is 5.81. The highest BCUT2D eigenvalue weighted by Crippen LogP contribution is 2.45. The quantitative estimate of drug-likeness (QED) is 0.162. The summed E-state index contributed by atoms with van der Waals surface area (Å²) in [5, 5.41) is 3.58. The van der Waals surface area contributed by atoms with Crippen LogP contribution in [0.4, 0.5) is 0 Å².